The number of nitrogens with zero attached hydrogens (tertiary/aromatic N) is 7. The lowest BCUT2D eigenvalue weighted by Gasteiger charge is -2.12. The maximum absolute atomic E-state index is 14.7. The van der Waals surface area contributed by atoms with Crippen molar-refractivity contribution in [1.29, 1.82) is 0 Å². The number of aromatic amines is 1. The van der Waals surface area contributed by atoms with Gasteiger partial charge in [0.25, 0.3) is 0 Å². The summed E-state index contributed by atoms with van der Waals surface area (Å²) >= 11 is 0. The molecule has 1 aromatic carbocycles. The first kappa shape index (κ1) is 24.7. The van der Waals surface area contributed by atoms with Crippen molar-refractivity contribution < 1.29 is 8.78 Å². The lowest BCUT2D eigenvalue weighted by atomic mass is 10.1. The Kier molecular flexibility index (Phi) is 7.37. The zero-order valence-electron chi connectivity index (χ0n) is 20.7. The molecule has 4 aromatic rings. The molecule has 0 spiro atoms. The van der Waals surface area contributed by atoms with Gasteiger partial charge >= 0.3 is 5.92 Å². The number of alkyl halides is 2. The highest BCUT2D eigenvalue weighted by molar-refractivity contribution is 5.61. The Morgan fingerprint density at radius 2 is 1.77 bits per heavy atom. The SMILES string of the molecule is CCCCc1nc(C(F)(F)CCCC)nn1Cc1ccc(-n2c(C)cc(C)c2-c2nnn[nH]2)cc1. The van der Waals surface area contributed by atoms with E-state index in [9.17, 15) is 8.78 Å². The van der Waals surface area contributed by atoms with Crippen LogP contribution in [0, 0.1) is 13.8 Å². The Balaban J connectivity index is 1.61. The van der Waals surface area contributed by atoms with Crippen LogP contribution in [-0.4, -0.2) is 40.0 Å². The van der Waals surface area contributed by atoms with Crippen LogP contribution in [0.15, 0.2) is 30.3 Å². The molecule has 8 nitrogen and oxygen atoms in total. The molecule has 0 aliphatic heterocycles. The van der Waals surface area contributed by atoms with E-state index in [1.54, 1.807) is 4.68 Å². The van der Waals surface area contributed by atoms with Crippen LogP contribution in [0.3, 0.4) is 0 Å². The number of H-pyrrole nitrogens is 1. The van der Waals surface area contributed by atoms with Crippen LogP contribution in [0.25, 0.3) is 17.2 Å². The minimum Gasteiger partial charge on any atom is -0.311 e. The highest BCUT2D eigenvalue weighted by atomic mass is 19.3. The summed E-state index contributed by atoms with van der Waals surface area (Å²) in [7, 11) is 0. The topological polar surface area (TPSA) is 90.1 Å². The van der Waals surface area contributed by atoms with Crippen molar-refractivity contribution in [3.63, 3.8) is 0 Å². The predicted molar refractivity (Wildman–Crippen MR) is 130 cm³/mol. The van der Waals surface area contributed by atoms with Gasteiger partial charge in [-0.15, -0.1) is 10.2 Å². The highest BCUT2D eigenvalue weighted by Gasteiger charge is 2.36. The molecule has 186 valence electrons. The normalized spacial score (nSPS) is 11.9. The number of tetrazole rings is 1. The molecule has 0 atom stereocenters. The Bertz CT molecular complexity index is 1240. The van der Waals surface area contributed by atoms with E-state index in [0.717, 1.165) is 41.0 Å². The summed E-state index contributed by atoms with van der Waals surface area (Å²) in [4.78, 5) is 4.26. The van der Waals surface area contributed by atoms with E-state index in [2.05, 4.69) is 48.3 Å². The maximum atomic E-state index is 14.7. The van der Waals surface area contributed by atoms with Crippen molar-refractivity contribution in [3.05, 3.63) is 58.8 Å². The third kappa shape index (κ3) is 5.31. The lowest BCUT2D eigenvalue weighted by Crippen LogP contribution is -2.16. The molecule has 0 unspecified atom stereocenters. The monoisotopic (exact) mass is 482 g/mol. The number of hydrogen-bond acceptors (Lipinski definition) is 5. The van der Waals surface area contributed by atoms with Crippen LogP contribution >= 0.6 is 0 Å². The Morgan fingerprint density at radius 3 is 2.43 bits per heavy atom. The summed E-state index contributed by atoms with van der Waals surface area (Å²) in [5, 5.41) is 18.6. The standard InChI is InChI=1S/C25H32F2N8/c1-5-7-9-21-28-24(25(26,27)14-8-6-2)31-34(21)16-19-10-12-20(13-11-19)35-18(4)15-17(3)22(35)23-29-32-33-30-23/h10-13,15H,5-9,14,16H2,1-4H3,(H,29,30,32,33). The van der Waals surface area contributed by atoms with Crippen molar-refractivity contribution >= 4 is 0 Å². The van der Waals surface area contributed by atoms with Crippen LogP contribution < -0.4 is 0 Å². The first-order chi connectivity index (χ1) is 16.8. The van der Waals surface area contributed by atoms with Gasteiger partial charge in [-0.1, -0.05) is 38.8 Å². The number of hydrogen-bond donors (Lipinski definition) is 1. The van der Waals surface area contributed by atoms with Crippen molar-refractivity contribution in [2.24, 2.45) is 0 Å². The Morgan fingerprint density at radius 1 is 1.03 bits per heavy atom. The fourth-order valence-corrected chi connectivity index (χ4v) is 4.29. The van der Waals surface area contributed by atoms with Gasteiger partial charge in [-0.2, -0.15) is 8.78 Å². The summed E-state index contributed by atoms with van der Waals surface area (Å²) in [6, 6.07) is 10.1. The molecule has 0 bridgehead atoms. The van der Waals surface area contributed by atoms with Gasteiger partial charge in [0.1, 0.15) is 5.82 Å². The largest absolute Gasteiger partial charge is 0.311 e. The quantitative estimate of drug-likeness (QED) is 0.303. The molecule has 0 saturated carbocycles. The molecule has 0 amide bonds. The van der Waals surface area contributed by atoms with Gasteiger partial charge in [0.2, 0.25) is 5.82 Å². The van der Waals surface area contributed by atoms with Crippen LogP contribution in [0.2, 0.25) is 0 Å². The molecule has 1 N–H and O–H groups in total. The first-order valence-electron chi connectivity index (χ1n) is 12.2. The second-order valence-electron chi connectivity index (χ2n) is 8.99. The fraction of sp³-hybridized carbons (Fsp3) is 0.480. The van der Waals surface area contributed by atoms with Crippen LogP contribution in [-0.2, 0) is 18.9 Å². The third-order valence-corrected chi connectivity index (χ3v) is 6.15. The second kappa shape index (κ2) is 10.5. The van der Waals surface area contributed by atoms with Crippen molar-refractivity contribution in [2.45, 2.75) is 78.7 Å². The van der Waals surface area contributed by atoms with E-state index in [0.29, 0.717) is 37.5 Å². The van der Waals surface area contributed by atoms with Crippen molar-refractivity contribution in [1.82, 2.24) is 40.0 Å². The second-order valence-corrected chi connectivity index (χ2v) is 8.99. The smallest absolute Gasteiger partial charge is 0.308 e. The van der Waals surface area contributed by atoms with E-state index in [1.165, 1.54) is 0 Å². The minimum absolute atomic E-state index is 0.228. The zero-order chi connectivity index (χ0) is 25.0. The molecular weight excluding hydrogens is 450 g/mol. The molecular formula is C25H32F2N8. The fourth-order valence-electron chi connectivity index (χ4n) is 4.29. The van der Waals surface area contributed by atoms with Gasteiger partial charge in [-0.25, -0.2) is 14.8 Å². The minimum atomic E-state index is -3.01. The first-order valence-corrected chi connectivity index (χ1v) is 12.2. The number of unbranched alkanes of at least 4 members (excludes halogenated alkanes) is 2. The Hall–Kier alpha value is -3.43. The van der Waals surface area contributed by atoms with Gasteiger partial charge in [0, 0.05) is 24.2 Å². The molecule has 0 fully saturated rings. The number of nitrogens with one attached hydrogen (secondary N) is 1. The predicted octanol–water partition coefficient (Wildman–Crippen LogP) is 5.54. The van der Waals surface area contributed by atoms with Crippen LogP contribution in [0.1, 0.15) is 74.4 Å². The van der Waals surface area contributed by atoms with Crippen molar-refractivity contribution in [3.8, 4) is 17.2 Å². The summed E-state index contributed by atoms with van der Waals surface area (Å²) in [6.45, 7) is 8.42. The molecule has 35 heavy (non-hydrogen) atoms. The lowest BCUT2D eigenvalue weighted by molar-refractivity contribution is -0.0245. The molecule has 0 aliphatic rings. The van der Waals surface area contributed by atoms with Gasteiger partial charge in [-0.05, 0) is 66.4 Å². The highest BCUT2D eigenvalue weighted by Crippen LogP contribution is 2.32. The number of aromatic nitrogens is 8. The molecule has 4 rings (SSSR count). The van der Waals surface area contributed by atoms with Gasteiger partial charge in [0.05, 0.1) is 12.2 Å². The molecule has 0 aliphatic carbocycles. The molecule has 3 aromatic heterocycles. The van der Waals surface area contributed by atoms with Crippen molar-refractivity contribution in [2.75, 3.05) is 0 Å². The average Bonchev–Trinajstić information content (AvgIpc) is 3.56. The van der Waals surface area contributed by atoms with E-state index >= 15 is 0 Å². The average molecular weight is 483 g/mol. The third-order valence-electron chi connectivity index (χ3n) is 6.15. The van der Waals surface area contributed by atoms with Crippen LogP contribution in [0.5, 0.6) is 0 Å². The molecule has 0 radical (unpaired) electrons. The summed E-state index contributed by atoms with van der Waals surface area (Å²) in [6.07, 6.45) is 3.39. The zero-order valence-corrected chi connectivity index (χ0v) is 20.7. The molecule has 0 saturated heterocycles. The van der Waals surface area contributed by atoms with Crippen LogP contribution in [0.4, 0.5) is 8.78 Å². The molecule has 10 heteroatoms. The van der Waals surface area contributed by atoms with E-state index in [-0.39, 0.29) is 12.2 Å². The van der Waals surface area contributed by atoms with E-state index in [4.69, 9.17) is 0 Å². The van der Waals surface area contributed by atoms with Gasteiger partial charge in [-0.3, -0.25) is 0 Å². The number of rotatable bonds is 11. The Labute approximate surface area is 203 Å². The number of benzene rings is 1. The summed E-state index contributed by atoms with van der Waals surface area (Å²) in [5.74, 6) is -2.17. The number of aryl methyl sites for hydroxylation is 3. The summed E-state index contributed by atoms with van der Waals surface area (Å²) in [5.41, 5.74) is 4.94. The van der Waals surface area contributed by atoms with Gasteiger partial charge in [0.15, 0.2) is 5.82 Å². The van der Waals surface area contributed by atoms with Gasteiger partial charge < -0.3 is 4.57 Å². The molecule has 3 heterocycles. The summed E-state index contributed by atoms with van der Waals surface area (Å²) < 4.78 is 33.1. The van der Waals surface area contributed by atoms with E-state index < -0.39 is 5.92 Å². The maximum Gasteiger partial charge on any atom is 0.308 e. The van der Waals surface area contributed by atoms with E-state index in [1.807, 2.05) is 45.0 Å². The number of halogens is 2.